The lowest BCUT2D eigenvalue weighted by molar-refractivity contribution is 0.577. The van der Waals surface area contributed by atoms with Crippen LogP contribution in [0, 0.1) is 6.92 Å². The fraction of sp³-hybridized carbons (Fsp3) is 0.118. The van der Waals surface area contributed by atoms with Gasteiger partial charge in [-0.15, -0.1) is 0 Å². The van der Waals surface area contributed by atoms with Crippen LogP contribution in [0.25, 0.3) is 0 Å². The Morgan fingerprint density at radius 1 is 0.955 bits per heavy atom. The summed E-state index contributed by atoms with van der Waals surface area (Å²) in [6.07, 6.45) is 2.04. The molecule has 2 aromatic carbocycles. The number of benzene rings is 2. The van der Waals surface area contributed by atoms with Crippen molar-refractivity contribution in [3.63, 3.8) is 0 Å². The Balaban J connectivity index is 1.99. The Hall–Kier alpha value is -2.40. The number of hydrogen-bond donors (Lipinski definition) is 0. The van der Waals surface area contributed by atoms with Crippen molar-refractivity contribution in [2.45, 2.75) is 18.2 Å². The summed E-state index contributed by atoms with van der Waals surface area (Å²) in [5.74, 6) is 0. The predicted molar refractivity (Wildman–Crippen MR) is 85.2 cm³/mol. The first kappa shape index (κ1) is 14.5. The third kappa shape index (κ3) is 2.80. The van der Waals surface area contributed by atoms with E-state index in [0.29, 0.717) is 12.1 Å². The van der Waals surface area contributed by atoms with Crippen LogP contribution >= 0.6 is 0 Å². The topological polar surface area (TPSA) is 52.0 Å². The highest BCUT2D eigenvalue weighted by atomic mass is 32.2. The van der Waals surface area contributed by atoms with Crippen molar-refractivity contribution >= 4 is 10.0 Å². The zero-order valence-corrected chi connectivity index (χ0v) is 13.0. The van der Waals surface area contributed by atoms with E-state index in [-0.39, 0.29) is 4.90 Å². The van der Waals surface area contributed by atoms with Crippen molar-refractivity contribution in [1.29, 1.82) is 0 Å². The van der Waals surface area contributed by atoms with E-state index in [9.17, 15) is 8.42 Å². The van der Waals surface area contributed by atoms with Gasteiger partial charge in [0, 0.05) is 6.42 Å². The van der Waals surface area contributed by atoms with Gasteiger partial charge in [-0.05, 0) is 30.7 Å². The summed E-state index contributed by atoms with van der Waals surface area (Å²) < 4.78 is 26.6. The summed E-state index contributed by atoms with van der Waals surface area (Å²) in [5, 5.41) is 4.01. The number of rotatable bonds is 4. The molecule has 3 rings (SSSR count). The lowest BCUT2D eigenvalue weighted by Gasteiger charge is -2.09. The van der Waals surface area contributed by atoms with Gasteiger partial charge in [0.05, 0.1) is 16.8 Å². The summed E-state index contributed by atoms with van der Waals surface area (Å²) in [6, 6.07) is 18.3. The summed E-state index contributed by atoms with van der Waals surface area (Å²) in [6.45, 7) is 1.92. The average Bonchev–Trinajstić information content (AvgIpc) is 2.98. The molecule has 0 saturated heterocycles. The van der Waals surface area contributed by atoms with E-state index in [1.807, 2.05) is 37.3 Å². The number of nitrogens with zero attached hydrogens (tertiary/aromatic N) is 2. The quantitative estimate of drug-likeness (QED) is 0.744. The molecular formula is C17H16N2O2S. The van der Waals surface area contributed by atoms with E-state index in [0.717, 1.165) is 15.2 Å². The lowest BCUT2D eigenvalue weighted by Crippen LogP contribution is -2.17. The second-order valence-corrected chi connectivity index (χ2v) is 6.91. The van der Waals surface area contributed by atoms with Crippen molar-refractivity contribution in [1.82, 2.24) is 9.19 Å². The minimum Gasteiger partial charge on any atom is -0.199 e. The predicted octanol–water partition coefficient (Wildman–Crippen LogP) is 3.02. The third-order valence-electron chi connectivity index (χ3n) is 3.46. The van der Waals surface area contributed by atoms with Gasteiger partial charge >= 0.3 is 0 Å². The minimum absolute atomic E-state index is 0.246. The van der Waals surface area contributed by atoms with Crippen LogP contribution in [0.4, 0.5) is 0 Å². The molecule has 0 aliphatic carbocycles. The summed E-state index contributed by atoms with van der Waals surface area (Å²) in [5.41, 5.74) is 2.71. The molecule has 3 aromatic rings. The molecule has 0 fully saturated rings. The minimum atomic E-state index is -3.66. The zero-order valence-electron chi connectivity index (χ0n) is 12.2. The average molecular weight is 312 g/mol. The van der Waals surface area contributed by atoms with Crippen molar-refractivity contribution in [2.75, 3.05) is 0 Å². The first-order valence-electron chi connectivity index (χ1n) is 6.96. The molecule has 4 nitrogen and oxygen atoms in total. The van der Waals surface area contributed by atoms with Crippen LogP contribution in [0.15, 0.2) is 71.8 Å². The number of hydrogen-bond acceptors (Lipinski definition) is 3. The van der Waals surface area contributed by atoms with Crippen molar-refractivity contribution < 1.29 is 8.42 Å². The largest absolute Gasteiger partial charge is 0.283 e. The molecule has 0 atom stereocenters. The molecule has 112 valence electrons. The van der Waals surface area contributed by atoms with Gasteiger partial charge in [0.2, 0.25) is 0 Å². The van der Waals surface area contributed by atoms with Gasteiger partial charge in [0.1, 0.15) is 0 Å². The molecule has 0 aliphatic rings. The Morgan fingerprint density at radius 3 is 2.32 bits per heavy atom. The van der Waals surface area contributed by atoms with Crippen LogP contribution in [0.3, 0.4) is 0 Å². The van der Waals surface area contributed by atoms with Crippen LogP contribution < -0.4 is 0 Å². The number of aryl methyl sites for hydroxylation is 1. The van der Waals surface area contributed by atoms with E-state index >= 15 is 0 Å². The van der Waals surface area contributed by atoms with Gasteiger partial charge in [0.15, 0.2) is 0 Å². The van der Waals surface area contributed by atoms with Crippen LogP contribution in [0.5, 0.6) is 0 Å². The fourth-order valence-electron chi connectivity index (χ4n) is 2.28. The van der Waals surface area contributed by atoms with Gasteiger partial charge in [0.25, 0.3) is 10.0 Å². The molecule has 22 heavy (non-hydrogen) atoms. The molecule has 0 amide bonds. The molecule has 0 spiro atoms. The Morgan fingerprint density at radius 2 is 1.64 bits per heavy atom. The smallest absolute Gasteiger partial charge is 0.199 e. The standard InChI is InChI=1S/C17H16N2O2S/c1-14-7-9-17(10-8-14)22(20,21)19-16(11-12-18-19)13-15-5-3-2-4-6-15/h2-12H,13H2,1H3. The monoisotopic (exact) mass is 312 g/mol. The van der Waals surface area contributed by atoms with Crippen molar-refractivity contribution in [3.8, 4) is 0 Å². The zero-order chi connectivity index (χ0) is 15.6. The highest BCUT2D eigenvalue weighted by Gasteiger charge is 2.20. The molecule has 0 unspecified atom stereocenters. The molecule has 0 aliphatic heterocycles. The highest BCUT2D eigenvalue weighted by Crippen LogP contribution is 2.17. The molecular weight excluding hydrogens is 296 g/mol. The van der Waals surface area contributed by atoms with Gasteiger partial charge in [-0.25, -0.2) is 0 Å². The normalized spacial score (nSPS) is 11.5. The van der Waals surface area contributed by atoms with E-state index in [1.165, 1.54) is 6.20 Å². The van der Waals surface area contributed by atoms with Crippen molar-refractivity contribution in [3.05, 3.63) is 83.7 Å². The first-order valence-corrected chi connectivity index (χ1v) is 8.40. The molecule has 0 bridgehead atoms. The van der Waals surface area contributed by atoms with Crippen LogP contribution in [0.2, 0.25) is 0 Å². The van der Waals surface area contributed by atoms with Crippen molar-refractivity contribution in [2.24, 2.45) is 0 Å². The Bertz CT molecular complexity index is 867. The second kappa shape index (κ2) is 5.77. The molecule has 0 radical (unpaired) electrons. The van der Waals surface area contributed by atoms with Crippen LogP contribution in [-0.4, -0.2) is 17.6 Å². The first-order chi connectivity index (χ1) is 10.6. The van der Waals surface area contributed by atoms with E-state index in [2.05, 4.69) is 5.10 Å². The molecule has 0 saturated carbocycles. The Kier molecular flexibility index (Phi) is 3.81. The SMILES string of the molecule is Cc1ccc(S(=O)(=O)n2nccc2Cc2ccccc2)cc1. The maximum atomic E-state index is 12.7. The van der Waals surface area contributed by atoms with Gasteiger partial charge in [-0.3, -0.25) is 0 Å². The van der Waals surface area contributed by atoms with Gasteiger partial charge in [-0.2, -0.15) is 17.6 Å². The van der Waals surface area contributed by atoms with E-state index < -0.39 is 10.0 Å². The summed E-state index contributed by atoms with van der Waals surface area (Å²) >= 11 is 0. The molecule has 1 aromatic heterocycles. The summed E-state index contributed by atoms with van der Waals surface area (Å²) in [4.78, 5) is 0.246. The van der Waals surface area contributed by atoms with E-state index in [4.69, 9.17) is 0 Å². The van der Waals surface area contributed by atoms with Crippen LogP contribution in [0.1, 0.15) is 16.8 Å². The number of aromatic nitrogens is 2. The Labute approximate surface area is 130 Å². The molecule has 5 heteroatoms. The maximum Gasteiger partial charge on any atom is 0.283 e. The second-order valence-electron chi connectivity index (χ2n) is 5.15. The van der Waals surface area contributed by atoms with Crippen LogP contribution in [-0.2, 0) is 16.4 Å². The highest BCUT2D eigenvalue weighted by molar-refractivity contribution is 7.89. The maximum absolute atomic E-state index is 12.7. The van der Waals surface area contributed by atoms with Gasteiger partial charge in [-0.1, -0.05) is 48.0 Å². The molecule has 1 heterocycles. The molecule has 0 N–H and O–H groups in total. The van der Waals surface area contributed by atoms with E-state index in [1.54, 1.807) is 30.3 Å². The third-order valence-corrected chi connectivity index (χ3v) is 5.11. The van der Waals surface area contributed by atoms with Gasteiger partial charge < -0.3 is 0 Å². The summed E-state index contributed by atoms with van der Waals surface area (Å²) in [7, 11) is -3.66. The fourth-order valence-corrected chi connectivity index (χ4v) is 3.57. The lowest BCUT2D eigenvalue weighted by atomic mass is 10.1.